The highest BCUT2D eigenvalue weighted by Gasteiger charge is 2.22. The van der Waals surface area contributed by atoms with Crippen LogP contribution in [0, 0.1) is 0 Å². The molecule has 7 rings (SSSR count). The van der Waals surface area contributed by atoms with Crippen molar-refractivity contribution in [2.45, 2.75) is 0 Å². The number of fused-ring (bicyclic) bond motifs is 2. The maximum absolute atomic E-state index is 6.94. The van der Waals surface area contributed by atoms with E-state index in [2.05, 4.69) is 115 Å². The second-order valence-electron chi connectivity index (χ2n) is 9.15. The zero-order chi connectivity index (χ0) is 24.6. The topological polar surface area (TPSA) is 26.0 Å². The third kappa shape index (κ3) is 3.62. The molecule has 174 valence electrons. The molecule has 2 nitrogen and oxygen atoms in total. The zero-order valence-electron chi connectivity index (χ0n) is 20.1. The summed E-state index contributed by atoms with van der Waals surface area (Å²) in [5.41, 5.74) is 7.58. The van der Waals surface area contributed by atoms with E-state index in [9.17, 15) is 0 Å². The van der Waals surface area contributed by atoms with Gasteiger partial charge in [0, 0.05) is 39.0 Å². The van der Waals surface area contributed by atoms with Gasteiger partial charge < -0.3 is 4.42 Å². The number of benzene rings is 5. The summed E-state index contributed by atoms with van der Waals surface area (Å²) in [4.78, 5) is 4.80. The molecule has 0 amide bonds. The fourth-order valence-corrected chi connectivity index (χ4v) is 5.25. The van der Waals surface area contributed by atoms with Gasteiger partial charge >= 0.3 is 0 Å². The van der Waals surface area contributed by atoms with Crippen molar-refractivity contribution in [2.75, 3.05) is 0 Å². The molecule has 0 aliphatic carbocycles. The van der Waals surface area contributed by atoms with Crippen LogP contribution in [0.25, 0.3) is 66.6 Å². The van der Waals surface area contributed by atoms with Crippen LogP contribution in [0.2, 0.25) is 0 Å². The zero-order valence-corrected chi connectivity index (χ0v) is 20.1. The van der Waals surface area contributed by atoms with Gasteiger partial charge in [-0.2, -0.15) is 0 Å². The monoisotopic (exact) mass is 473 g/mol. The van der Waals surface area contributed by atoms with Crippen molar-refractivity contribution in [2.24, 2.45) is 0 Å². The van der Waals surface area contributed by atoms with E-state index in [1.165, 1.54) is 5.56 Å². The van der Waals surface area contributed by atoms with Crippen molar-refractivity contribution in [3.8, 4) is 44.9 Å². The first-order chi connectivity index (χ1) is 18.4. The average Bonchev–Trinajstić information content (AvgIpc) is 3.36. The summed E-state index contributed by atoms with van der Waals surface area (Å²) in [6.45, 7) is 0. The highest BCUT2D eigenvalue weighted by atomic mass is 16.3. The van der Waals surface area contributed by atoms with E-state index in [0.717, 1.165) is 61.0 Å². The summed E-state index contributed by atoms with van der Waals surface area (Å²) >= 11 is 0. The van der Waals surface area contributed by atoms with Gasteiger partial charge in [-0.15, -0.1) is 0 Å². The summed E-state index contributed by atoms with van der Waals surface area (Å²) < 4.78 is 6.94. The van der Waals surface area contributed by atoms with E-state index < -0.39 is 0 Å². The van der Waals surface area contributed by atoms with Crippen molar-refractivity contribution in [3.63, 3.8) is 0 Å². The number of hydrogen-bond donors (Lipinski definition) is 0. The number of nitrogens with zero attached hydrogens (tertiary/aromatic N) is 1. The Morgan fingerprint density at radius 1 is 0.405 bits per heavy atom. The lowest BCUT2D eigenvalue weighted by Gasteiger charge is -2.12. The van der Waals surface area contributed by atoms with Gasteiger partial charge in [-0.05, 0) is 22.8 Å². The molecule has 0 fully saturated rings. The van der Waals surface area contributed by atoms with Gasteiger partial charge in [-0.3, -0.25) is 4.98 Å². The number of hydrogen-bond acceptors (Lipinski definition) is 2. The fraction of sp³-hybridized carbons (Fsp3) is 0. The molecule has 37 heavy (non-hydrogen) atoms. The van der Waals surface area contributed by atoms with Crippen molar-refractivity contribution in [1.29, 1.82) is 0 Å². The summed E-state index contributed by atoms with van der Waals surface area (Å²) in [5, 5.41) is 3.26. The lowest BCUT2D eigenvalue weighted by atomic mass is 9.94. The molecule has 0 bridgehead atoms. The summed E-state index contributed by atoms with van der Waals surface area (Å²) in [5.74, 6) is 1.75. The predicted molar refractivity (Wildman–Crippen MR) is 153 cm³/mol. The van der Waals surface area contributed by atoms with Crippen LogP contribution in [0.5, 0.6) is 0 Å². The fourth-order valence-electron chi connectivity index (χ4n) is 5.25. The number of rotatable bonds is 4. The van der Waals surface area contributed by atoms with Crippen LogP contribution in [-0.2, 0) is 0 Å². The SMILES string of the molecule is c1ccc(-c2ccccc2-c2oc(-c3c(-c4ccccc4)cnc4ccccc34)c3ccccc23)cc1. The molecule has 2 heteroatoms. The maximum atomic E-state index is 6.94. The largest absolute Gasteiger partial charge is 0.455 e. The average molecular weight is 474 g/mol. The Labute approximate surface area is 215 Å². The van der Waals surface area contributed by atoms with E-state index in [-0.39, 0.29) is 0 Å². The predicted octanol–water partition coefficient (Wildman–Crippen LogP) is 9.65. The quantitative estimate of drug-likeness (QED) is 0.254. The first-order valence-electron chi connectivity index (χ1n) is 12.5. The molecular weight excluding hydrogens is 450 g/mol. The molecule has 0 aliphatic heterocycles. The van der Waals surface area contributed by atoms with Crippen molar-refractivity contribution < 1.29 is 4.42 Å². The normalized spacial score (nSPS) is 11.2. The van der Waals surface area contributed by atoms with Gasteiger partial charge in [0.25, 0.3) is 0 Å². The van der Waals surface area contributed by atoms with Crippen LogP contribution >= 0.6 is 0 Å². The van der Waals surface area contributed by atoms with Gasteiger partial charge in [-0.1, -0.05) is 127 Å². The number of aromatic nitrogens is 1. The number of para-hydroxylation sites is 1. The van der Waals surface area contributed by atoms with E-state index in [1.54, 1.807) is 0 Å². The Bertz CT molecular complexity index is 1870. The second-order valence-corrected chi connectivity index (χ2v) is 9.15. The van der Waals surface area contributed by atoms with Gasteiger partial charge in [0.05, 0.1) is 5.52 Å². The van der Waals surface area contributed by atoms with Gasteiger partial charge in [0.2, 0.25) is 0 Å². The molecule has 5 aromatic carbocycles. The molecule has 7 aromatic rings. The molecule has 0 spiro atoms. The Morgan fingerprint density at radius 2 is 0.919 bits per heavy atom. The maximum Gasteiger partial charge on any atom is 0.144 e. The summed E-state index contributed by atoms with van der Waals surface area (Å²) in [6, 6.07) is 46.2. The Hall–Kier alpha value is -4.95. The molecule has 0 N–H and O–H groups in total. The van der Waals surface area contributed by atoms with Crippen LogP contribution < -0.4 is 0 Å². The van der Waals surface area contributed by atoms with E-state index in [1.807, 2.05) is 24.4 Å². The lowest BCUT2D eigenvalue weighted by molar-refractivity contribution is 0.603. The van der Waals surface area contributed by atoms with Crippen molar-refractivity contribution >= 4 is 21.7 Å². The van der Waals surface area contributed by atoms with Crippen LogP contribution in [0.3, 0.4) is 0 Å². The molecule has 0 saturated carbocycles. The summed E-state index contributed by atoms with van der Waals surface area (Å²) in [6.07, 6.45) is 1.97. The third-order valence-corrected chi connectivity index (χ3v) is 6.96. The molecule has 0 unspecified atom stereocenters. The first-order valence-corrected chi connectivity index (χ1v) is 12.5. The second kappa shape index (κ2) is 8.92. The molecule has 2 heterocycles. The lowest BCUT2D eigenvalue weighted by Crippen LogP contribution is -1.90. The van der Waals surface area contributed by atoms with E-state index >= 15 is 0 Å². The highest BCUT2D eigenvalue weighted by molar-refractivity contribution is 6.11. The van der Waals surface area contributed by atoms with Crippen LogP contribution in [-0.4, -0.2) is 4.98 Å². The molecule has 2 aromatic heterocycles. The van der Waals surface area contributed by atoms with Crippen LogP contribution in [0.4, 0.5) is 0 Å². The summed E-state index contributed by atoms with van der Waals surface area (Å²) in [7, 11) is 0. The number of furan rings is 1. The van der Waals surface area contributed by atoms with Gasteiger partial charge in [0.15, 0.2) is 0 Å². The molecule has 0 saturated heterocycles. The minimum atomic E-state index is 0.867. The number of pyridine rings is 1. The minimum Gasteiger partial charge on any atom is -0.455 e. The van der Waals surface area contributed by atoms with Crippen LogP contribution in [0.15, 0.2) is 144 Å². The van der Waals surface area contributed by atoms with Crippen molar-refractivity contribution in [1.82, 2.24) is 4.98 Å². The molecule has 0 radical (unpaired) electrons. The minimum absolute atomic E-state index is 0.867. The van der Waals surface area contributed by atoms with Crippen molar-refractivity contribution in [3.05, 3.63) is 140 Å². The first kappa shape index (κ1) is 21.3. The third-order valence-electron chi connectivity index (χ3n) is 6.96. The van der Waals surface area contributed by atoms with Crippen LogP contribution in [0.1, 0.15) is 0 Å². The standard InChI is InChI=1S/C35H23NO/c1-3-13-24(14-4-1)26-17-7-8-18-27(26)34-28-19-9-10-20-29(28)35(37-34)33-30-21-11-12-22-32(30)36-23-31(33)25-15-5-2-6-16-25/h1-23H. The smallest absolute Gasteiger partial charge is 0.144 e. The Morgan fingerprint density at radius 3 is 1.62 bits per heavy atom. The Balaban J connectivity index is 1.56. The van der Waals surface area contributed by atoms with E-state index in [4.69, 9.17) is 9.40 Å². The molecule has 0 atom stereocenters. The van der Waals surface area contributed by atoms with E-state index in [0.29, 0.717) is 0 Å². The molecular formula is C35H23NO. The van der Waals surface area contributed by atoms with Gasteiger partial charge in [-0.25, -0.2) is 0 Å². The van der Waals surface area contributed by atoms with Gasteiger partial charge in [0.1, 0.15) is 11.5 Å². The molecule has 0 aliphatic rings. The highest BCUT2D eigenvalue weighted by Crippen LogP contribution is 2.46. The Kier molecular flexibility index (Phi) is 5.15.